The molecule has 1 aliphatic heterocycles. The molecule has 0 radical (unpaired) electrons. The monoisotopic (exact) mass is 418 g/mol. The second-order valence-electron chi connectivity index (χ2n) is 8.13. The van der Waals surface area contributed by atoms with E-state index in [0.29, 0.717) is 37.1 Å². The number of ether oxygens (including phenoxy) is 3. The summed E-state index contributed by atoms with van der Waals surface area (Å²) in [6, 6.07) is 0. The van der Waals surface area contributed by atoms with Gasteiger partial charge in [0.1, 0.15) is 24.4 Å². The zero-order valence-electron chi connectivity index (χ0n) is 18.5. The number of carbonyl (C=O) groups is 2. The SMILES string of the molecule is CCCCCC(=O)c1ncncc1/C=C/[C@H]1OC(C)(C)O[C@H]1CCC(C=O)COC. The Bertz CT molecular complexity index is 719. The lowest BCUT2D eigenvalue weighted by molar-refractivity contribution is -0.143. The second kappa shape index (κ2) is 12.0. The summed E-state index contributed by atoms with van der Waals surface area (Å²) >= 11 is 0. The summed E-state index contributed by atoms with van der Waals surface area (Å²) in [7, 11) is 1.59. The maximum absolute atomic E-state index is 12.6. The van der Waals surface area contributed by atoms with Crippen molar-refractivity contribution < 1.29 is 23.8 Å². The number of ketones is 1. The lowest BCUT2D eigenvalue weighted by Gasteiger charge is -2.17. The van der Waals surface area contributed by atoms with Crippen LogP contribution in [0.4, 0.5) is 0 Å². The van der Waals surface area contributed by atoms with E-state index in [0.717, 1.165) is 25.5 Å². The van der Waals surface area contributed by atoms with Crippen molar-refractivity contribution in [1.29, 1.82) is 0 Å². The number of nitrogens with zero attached hydrogens (tertiary/aromatic N) is 2. The molecule has 0 aromatic carbocycles. The average Bonchev–Trinajstić information content (AvgIpc) is 3.03. The standard InChI is InChI=1S/C23H34N2O5/c1-5-6-7-8-19(27)22-18(13-24-16-25-22)10-12-21-20(29-23(2,3)30-21)11-9-17(14-26)15-28-4/h10,12-14,16-17,20-21H,5-9,11,15H2,1-4H3/b12-10+/t17?,20-,21+/m0/s1. The van der Waals surface area contributed by atoms with Gasteiger partial charge in [-0.15, -0.1) is 0 Å². The van der Waals surface area contributed by atoms with Crippen molar-refractivity contribution >= 4 is 18.1 Å². The maximum atomic E-state index is 12.6. The first kappa shape index (κ1) is 24.3. The first-order valence-electron chi connectivity index (χ1n) is 10.7. The van der Waals surface area contributed by atoms with Gasteiger partial charge in [-0.3, -0.25) is 4.79 Å². The molecule has 1 unspecified atom stereocenters. The van der Waals surface area contributed by atoms with Gasteiger partial charge in [0.15, 0.2) is 11.6 Å². The molecule has 2 heterocycles. The summed E-state index contributed by atoms with van der Waals surface area (Å²) in [6.07, 6.45) is 12.0. The van der Waals surface area contributed by atoms with E-state index in [2.05, 4.69) is 16.9 Å². The molecule has 7 nitrogen and oxygen atoms in total. The molecule has 1 aromatic heterocycles. The van der Waals surface area contributed by atoms with Crippen LogP contribution >= 0.6 is 0 Å². The van der Waals surface area contributed by atoms with Crippen LogP contribution in [0.5, 0.6) is 0 Å². The highest BCUT2D eigenvalue weighted by Gasteiger charge is 2.39. The van der Waals surface area contributed by atoms with E-state index in [1.54, 1.807) is 13.3 Å². The fourth-order valence-corrected chi connectivity index (χ4v) is 3.58. The maximum Gasteiger partial charge on any atom is 0.181 e. The van der Waals surface area contributed by atoms with Gasteiger partial charge in [-0.05, 0) is 33.1 Å². The Morgan fingerprint density at radius 1 is 1.33 bits per heavy atom. The van der Waals surface area contributed by atoms with Gasteiger partial charge in [-0.1, -0.05) is 31.9 Å². The summed E-state index contributed by atoms with van der Waals surface area (Å²) in [6.45, 7) is 6.24. The minimum atomic E-state index is -0.719. The Balaban J connectivity index is 2.09. The molecule has 1 fully saturated rings. The van der Waals surface area contributed by atoms with Gasteiger partial charge in [-0.25, -0.2) is 9.97 Å². The molecular formula is C23H34N2O5. The Kier molecular flexibility index (Phi) is 9.75. The van der Waals surface area contributed by atoms with E-state index >= 15 is 0 Å². The van der Waals surface area contributed by atoms with E-state index in [1.807, 2.05) is 26.0 Å². The van der Waals surface area contributed by atoms with Crippen LogP contribution in [0.2, 0.25) is 0 Å². The van der Waals surface area contributed by atoms with Gasteiger partial charge in [-0.2, -0.15) is 0 Å². The molecule has 0 spiro atoms. The number of hydrogen-bond donors (Lipinski definition) is 0. The molecule has 0 N–H and O–H groups in total. The molecule has 0 amide bonds. The van der Waals surface area contributed by atoms with Gasteiger partial charge in [0.2, 0.25) is 0 Å². The second-order valence-corrected chi connectivity index (χ2v) is 8.13. The number of rotatable bonds is 13. The fraction of sp³-hybridized carbons (Fsp3) is 0.652. The molecule has 1 aromatic rings. The van der Waals surface area contributed by atoms with Crippen LogP contribution in [-0.4, -0.2) is 53.7 Å². The molecule has 7 heteroatoms. The van der Waals surface area contributed by atoms with Crippen LogP contribution in [0.3, 0.4) is 0 Å². The fourth-order valence-electron chi connectivity index (χ4n) is 3.58. The van der Waals surface area contributed by atoms with Crippen molar-refractivity contribution in [1.82, 2.24) is 9.97 Å². The van der Waals surface area contributed by atoms with Crippen molar-refractivity contribution in [3.8, 4) is 0 Å². The molecule has 0 saturated carbocycles. The number of aldehydes is 1. The van der Waals surface area contributed by atoms with Crippen molar-refractivity contribution in [3.05, 3.63) is 29.9 Å². The summed E-state index contributed by atoms with van der Waals surface area (Å²) in [4.78, 5) is 32.0. The minimum absolute atomic E-state index is 0.0272. The normalized spacial score (nSPS) is 21.7. The zero-order valence-corrected chi connectivity index (χ0v) is 18.5. The highest BCUT2D eigenvalue weighted by Crippen LogP contribution is 2.32. The Labute approximate surface area is 179 Å². The third-order valence-electron chi connectivity index (χ3n) is 5.09. The number of hydrogen-bond acceptors (Lipinski definition) is 7. The number of carbonyl (C=O) groups excluding carboxylic acids is 2. The van der Waals surface area contributed by atoms with E-state index in [1.165, 1.54) is 6.33 Å². The third kappa shape index (κ3) is 7.38. The molecule has 0 aliphatic carbocycles. The van der Waals surface area contributed by atoms with E-state index in [9.17, 15) is 9.59 Å². The van der Waals surface area contributed by atoms with E-state index in [-0.39, 0.29) is 23.9 Å². The Morgan fingerprint density at radius 2 is 2.13 bits per heavy atom. The molecular weight excluding hydrogens is 384 g/mol. The minimum Gasteiger partial charge on any atom is -0.384 e. The predicted molar refractivity (Wildman–Crippen MR) is 114 cm³/mol. The van der Waals surface area contributed by atoms with Crippen molar-refractivity contribution in [2.24, 2.45) is 5.92 Å². The van der Waals surface area contributed by atoms with Gasteiger partial charge >= 0.3 is 0 Å². The van der Waals surface area contributed by atoms with Crippen LogP contribution in [0, 0.1) is 5.92 Å². The van der Waals surface area contributed by atoms with Gasteiger partial charge in [0.05, 0.1) is 12.7 Å². The van der Waals surface area contributed by atoms with Crippen molar-refractivity contribution in [3.63, 3.8) is 0 Å². The van der Waals surface area contributed by atoms with Crippen LogP contribution < -0.4 is 0 Å². The summed E-state index contributed by atoms with van der Waals surface area (Å²) in [5, 5.41) is 0. The van der Waals surface area contributed by atoms with Crippen LogP contribution in [0.1, 0.15) is 75.3 Å². The molecule has 1 saturated heterocycles. The highest BCUT2D eigenvalue weighted by atomic mass is 16.7. The molecule has 30 heavy (non-hydrogen) atoms. The molecule has 166 valence electrons. The van der Waals surface area contributed by atoms with Crippen molar-refractivity contribution in [2.45, 2.75) is 77.3 Å². The van der Waals surface area contributed by atoms with Crippen LogP contribution in [0.25, 0.3) is 6.08 Å². The lowest BCUT2D eigenvalue weighted by Crippen LogP contribution is -2.23. The topological polar surface area (TPSA) is 87.6 Å². The summed E-state index contributed by atoms with van der Waals surface area (Å²) < 4.78 is 17.2. The van der Waals surface area contributed by atoms with Gasteiger partial charge < -0.3 is 19.0 Å². The lowest BCUT2D eigenvalue weighted by atomic mass is 9.99. The van der Waals surface area contributed by atoms with Crippen LogP contribution in [0.15, 0.2) is 18.6 Å². The van der Waals surface area contributed by atoms with E-state index in [4.69, 9.17) is 14.2 Å². The first-order valence-corrected chi connectivity index (χ1v) is 10.7. The first-order chi connectivity index (χ1) is 14.4. The number of aromatic nitrogens is 2. The molecule has 2 rings (SSSR count). The number of unbranched alkanes of at least 4 members (excludes halogenated alkanes) is 2. The third-order valence-corrected chi connectivity index (χ3v) is 5.09. The zero-order chi connectivity index (χ0) is 22.0. The van der Waals surface area contributed by atoms with Gasteiger partial charge in [0, 0.05) is 31.2 Å². The summed E-state index contributed by atoms with van der Waals surface area (Å²) in [5.41, 5.74) is 1.12. The van der Waals surface area contributed by atoms with Crippen molar-refractivity contribution in [2.75, 3.05) is 13.7 Å². The Morgan fingerprint density at radius 3 is 2.83 bits per heavy atom. The average molecular weight is 419 g/mol. The summed E-state index contributed by atoms with van der Waals surface area (Å²) in [5.74, 6) is -0.856. The predicted octanol–water partition coefficient (Wildman–Crippen LogP) is 4.01. The quantitative estimate of drug-likeness (QED) is 0.272. The Hall–Kier alpha value is -1.96. The number of methoxy groups -OCH3 is 1. The highest BCUT2D eigenvalue weighted by molar-refractivity contribution is 5.97. The molecule has 3 atom stereocenters. The smallest absolute Gasteiger partial charge is 0.181 e. The molecule has 1 aliphatic rings. The van der Waals surface area contributed by atoms with Gasteiger partial charge in [0.25, 0.3) is 0 Å². The molecule has 0 bridgehead atoms. The van der Waals surface area contributed by atoms with Crippen LogP contribution in [-0.2, 0) is 19.0 Å². The largest absolute Gasteiger partial charge is 0.384 e. The van der Waals surface area contributed by atoms with E-state index < -0.39 is 5.79 Å². The number of Topliss-reactive ketones (excluding diaryl/α,β-unsaturated/α-hetero) is 1.